The van der Waals surface area contributed by atoms with Gasteiger partial charge in [-0.1, -0.05) is 51.1 Å². The molecule has 1 amide bonds. The maximum Gasteiger partial charge on any atom is 0.265 e. The summed E-state index contributed by atoms with van der Waals surface area (Å²) in [5, 5.41) is 3.06. The Labute approximate surface area is 150 Å². The quantitative estimate of drug-likeness (QED) is 0.777. The van der Waals surface area contributed by atoms with E-state index in [1.807, 2.05) is 50.2 Å². The van der Waals surface area contributed by atoms with Crippen molar-refractivity contribution in [1.82, 2.24) is 0 Å². The first-order valence-electron chi connectivity index (χ1n) is 8.68. The Morgan fingerprint density at radius 3 is 2.36 bits per heavy atom. The van der Waals surface area contributed by atoms with Crippen LogP contribution in [-0.4, -0.2) is 19.1 Å². The standard InChI is InChI=1S/C21H27NO3/c1-6-17(25-19-13-8-7-12-18(19)24-5)21(23)22-20-15(4)10-9-11-16(20)14(2)3/h7-14,17H,6H2,1-5H3,(H,22,23)/t17-/m1/s1. The molecule has 0 aliphatic carbocycles. The number of aryl methyl sites for hydroxylation is 1. The van der Waals surface area contributed by atoms with Crippen molar-refractivity contribution in [2.75, 3.05) is 12.4 Å². The van der Waals surface area contributed by atoms with E-state index >= 15 is 0 Å². The summed E-state index contributed by atoms with van der Waals surface area (Å²) in [6.45, 7) is 8.17. The van der Waals surface area contributed by atoms with Crippen LogP contribution in [0.15, 0.2) is 42.5 Å². The Bertz CT molecular complexity index is 725. The second-order valence-corrected chi connectivity index (χ2v) is 6.35. The number of nitrogens with one attached hydrogen (secondary N) is 1. The van der Waals surface area contributed by atoms with Gasteiger partial charge in [0.1, 0.15) is 0 Å². The van der Waals surface area contributed by atoms with Crippen molar-refractivity contribution in [3.63, 3.8) is 0 Å². The monoisotopic (exact) mass is 341 g/mol. The van der Waals surface area contributed by atoms with E-state index in [0.717, 1.165) is 16.8 Å². The van der Waals surface area contributed by atoms with Gasteiger partial charge in [0.25, 0.3) is 5.91 Å². The van der Waals surface area contributed by atoms with E-state index in [1.165, 1.54) is 0 Å². The minimum atomic E-state index is -0.587. The first-order chi connectivity index (χ1) is 12.0. The van der Waals surface area contributed by atoms with Crippen LogP contribution in [0, 0.1) is 6.92 Å². The van der Waals surface area contributed by atoms with Crippen LogP contribution in [0.1, 0.15) is 44.2 Å². The molecule has 1 atom stereocenters. The van der Waals surface area contributed by atoms with Gasteiger partial charge in [0, 0.05) is 5.69 Å². The van der Waals surface area contributed by atoms with Crippen LogP contribution in [-0.2, 0) is 4.79 Å². The minimum Gasteiger partial charge on any atom is -0.493 e. The zero-order chi connectivity index (χ0) is 18.4. The Kier molecular flexibility index (Phi) is 6.45. The zero-order valence-corrected chi connectivity index (χ0v) is 15.6. The van der Waals surface area contributed by atoms with Crippen LogP contribution in [0.5, 0.6) is 11.5 Å². The largest absolute Gasteiger partial charge is 0.493 e. The van der Waals surface area contributed by atoms with E-state index in [2.05, 4.69) is 25.2 Å². The van der Waals surface area contributed by atoms with E-state index in [9.17, 15) is 4.79 Å². The molecule has 2 aromatic carbocycles. The summed E-state index contributed by atoms with van der Waals surface area (Å²) in [6.07, 6.45) is -0.0248. The third kappa shape index (κ3) is 4.53. The number of carbonyl (C=O) groups is 1. The number of hydrogen-bond acceptors (Lipinski definition) is 3. The minimum absolute atomic E-state index is 0.149. The summed E-state index contributed by atoms with van der Waals surface area (Å²) in [5.41, 5.74) is 3.05. The number of amides is 1. The normalized spacial score (nSPS) is 11.9. The summed E-state index contributed by atoms with van der Waals surface area (Å²) >= 11 is 0. The second kappa shape index (κ2) is 8.56. The molecule has 4 nitrogen and oxygen atoms in total. The molecule has 25 heavy (non-hydrogen) atoms. The molecule has 134 valence electrons. The number of anilines is 1. The molecule has 4 heteroatoms. The van der Waals surface area contributed by atoms with Crippen molar-refractivity contribution in [2.45, 2.75) is 46.1 Å². The van der Waals surface area contributed by atoms with Gasteiger partial charge in [0.15, 0.2) is 17.6 Å². The number of hydrogen-bond donors (Lipinski definition) is 1. The lowest BCUT2D eigenvalue weighted by atomic mass is 9.98. The van der Waals surface area contributed by atoms with Gasteiger partial charge in [-0.2, -0.15) is 0 Å². The average Bonchev–Trinajstić information content (AvgIpc) is 2.61. The molecule has 0 bridgehead atoms. The molecule has 0 aromatic heterocycles. The smallest absolute Gasteiger partial charge is 0.265 e. The van der Waals surface area contributed by atoms with Gasteiger partial charge in [-0.3, -0.25) is 4.79 Å². The number of benzene rings is 2. The first kappa shape index (κ1) is 18.8. The summed E-state index contributed by atoms with van der Waals surface area (Å²) in [7, 11) is 1.59. The fourth-order valence-electron chi connectivity index (χ4n) is 2.74. The maximum atomic E-state index is 12.8. The van der Waals surface area contributed by atoms with Crippen molar-refractivity contribution in [3.8, 4) is 11.5 Å². The Balaban J connectivity index is 2.21. The number of carbonyl (C=O) groups excluding carboxylic acids is 1. The van der Waals surface area contributed by atoms with E-state index in [-0.39, 0.29) is 5.91 Å². The van der Waals surface area contributed by atoms with Gasteiger partial charge in [-0.05, 0) is 42.5 Å². The zero-order valence-electron chi connectivity index (χ0n) is 15.6. The lowest BCUT2D eigenvalue weighted by Gasteiger charge is -2.21. The number of rotatable bonds is 7. The van der Waals surface area contributed by atoms with Gasteiger partial charge in [-0.25, -0.2) is 0 Å². The van der Waals surface area contributed by atoms with Gasteiger partial charge < -0.3 is 14.8 Å². The first-order valence-corrected chi connectivity index (χ1v) is 8.68. The molecular formula is C21H27NO3. The van der Waals surface area contributed by atoms with Crippen LogP contribution in [0.2, 0.25) is 0 Å². The molecular weight excluding hydrogens is 314 g/mol. The van der Waals surface area contributed by atoms with Crippen LogP contribution in [0.25, 0.3) is 0 Å². The summed E-state index contributed by atoms with van der Waals surface area (Å²) in [6, 6.07) is 13.4. The van der Waals surface area contributed by atoms with Gasteiger partial charge >= 0.3 is 0 Å². The summed E-state index contributed by atoms with van der Waals surface area (Å²) in [4.78, 5) is 12.8. The van der Waals surface area contributed by atoms with Crippen molar-refractivity contribution in [3.05, 3.63) is 53.6 Å². The molecule has 0 spiro atoms. The molecule has 0 unspecified atom stereocenters. The maximum absolute atomic E-state index is 12.8. The highest BCUT2D eigenvalue weighted by Crippen LogP contribution is 2.30. The molecule has 0 radical (unpaired) electrons. The van der Waals surface area contributed by atoms with Crippen molar-refractivity contribution >= 4 is 11.6 Å². The molecule has 1 N–H and O–H groups in total. The molecule has 2 rings (SSSR count). The molecule has 2 aromatic rings. The molecule has 0 aliphatic heterocycles. The van der Waals surface area contributed by atoms with Crippen LogP contribution in [0.3, 0.4) is 0 Å². The van der Waals surface area contributed by atoms with Crippen LogP contribution in [0.4, 0.5) is 5.69 Å². The molecule has 0 aliphatic rings. The number of ether oxygens (including phenoxy) is 2. The SMILES string of the molecule is CC[C@@H](Oc1ccccc1OC)C(=O)Nc1c(C)cccc1C(C)C. The van der Waals surface area contributed by atoms with E-state index in [0.29, 0.717) is 23.8 Å². The highest BCUT2D eigenvalue weighted by atomic mass is 16.5. The van der Waals surface area contributed by atoms with Crippen molar-refractivity contribution in [2.24, 2.45) is 0 Å². The fourth-order valence-corrected chi connectivity index (χ4v) is 2.74. The van der Waals surface area contributed by atoms with Crippen molar-refractivity contribution < 1.29 is 14.3 Å². The van der Waals surface area contributed by atoms with E-state index in [4.69, 9.17) is 9.47 Å². The van der Waals surface area contributed by atoms with E-state index in [1.54, 1.807) is 7.11 Å². The summed E-state index contributed by atoms with van der Waals surface area (Å²) in [5.74, 6) is 1.36. The third-order valence-corrected chi connectivity index (χ3v) is 4.18. The fraction of sp³-hybridized carbons (Fsp3) is 0.381. The van der Waals surface area contributed by atoms with Crippen molar-refractivity contribution in [1.29, 1.82) is 0 Å². The summed E-state index contributed by atoms with van der Waals surface area (Å²) < 4.78 is 11.2. The number of para-hydroxylation sites is 3. The highest BCUT2D eigenvalue weighted by Gasteiger charge is 2.22. The van der Waals surface area contributed by atoms with Gasteiger partial charge in [0.05, 0.1) is 7.11 Å². The highest BCUT2D eigenvalue weighted by molar-refractivity contribution is 5.95. The third-order valence-electron chi connectivity index (χ3n) is 4.18. The molecule has 0 heterocycles. The Morgan fingerprint density at radius 2 is 1.76 bits per heavy atom. The Hall–Kier alpha value is -2.49. The number of methoxy groups -OCH3 is 1. The van der Waals surface area contributed by atoms with Crippen LogP contribution >= 0.6 is 0 Å². The topological polar surface area (TPSA) is 47.6 Å². The van der Waals surface area contributed by atoms with Crippen LogP contribution < -0.4 is 14.8 Å². The Morgan fingerprint density at radius 1 is 1.08 bits per heavy atom. The predicted molar refractivity (Wildman–Crippen MR) is 102 cm³/mol. The second-order valence-electron chi connectivity index (χ2n) is 6.35. The van der Waals surface area contributed by atoms with Gasteiger partial charge in [0.2, 0.25) is 0 Å². The molecule has 0 saturated carbocycles. The molecule has 0 fully saturated rings. The van der Waals surface area contributed by atoms with Gasteiger partial charge in [-0.15, -0.1) is 0 Å². The lowest BCUT2D eigenvalue weighted by Crippen LogP contribution is -2.33. The average molecular weight is 341 g/mol. The lowest BCUT2D eigenvalue weighted by molar-refractivity contribution is -0.122. The predicted octanol–water partition coefficient (Wildman–Crippen LogP) is 4.92. The van der Waals surface area contributed by atoms with E-state index < -0.39 is 6.10 Å². The molecule has 0 saturated heterocycles.